The number of aliphatic hydroxyl groups excluding tert-OH is 1. The molecular formula is C7H9F3N2O. The van der Waals surface area contributed by atoms with E-state index in [0.717, 1.165) is 12.3 Å². The summed E-state index contributed by atoms with van der Waals surface area (Å²) in [5.41, 5.74) is 4.69. The number of aliphatic hydroxyl groups is 1. The molecule has 1 aromatic heterocycles. The van der Waals surface area contributed by atoms with Gasteiger partial charge in [-0.3, -0.25) is 0 Å². The van der Waals surface area contributed by atoms with Gasteiger partial charge >= 0.3 is 6.18 Å². The van der Waals surface area contributed by atoms with Gasteiger partial charge in [-0.25, -0.2) is 0 Å². The predicted molar refractivity (Wildman–Crippen MR) is 39.8 cm³/mol. The van der Waals surface area contributed by atoms with Crippen LogP contribution >= 0.6 is 0 Å². The van der Waals surface area contributed by atoms with Gasteiger partial charge < -0.3 is 15.8 Å². The first-order valence-electron chi connectivity index (χ1n) is 3.57. The maximum absolute atomic E-state index is 12.0. The standard InChI is InChI=1S/C7H9F3N2O/c8-7(9,10)4-1-6(12-2-4)5(11)3-13/h1-2,5,12-13H,3,11H2/t5-/m0/s1. The molecule has 0 saturated heterocycles. The summed E-state index contributed by atoms with van der Waals surface area (Å²) in [6.07, 6.45) is -3.55. The minimum Gasteiger partial charge on any atom is -0.394 e. The molecule has 0 aliphatic heterocycles. The quantitative estimate of drug-likeness (QED) is 0.658. The third-order valence-corrected chi connectivity index (χ3v) is 1.63. The van der Waals surface area contributed by atoms with E-state index in [-0.39, 0.29) is 5.69 Å². The summed E-state index contributed by atoms with van der Waals surface area (Å²) in [7, 11) is 0. The molecule has 0 bridgehead atoms. The summed E-state index contributed by atoms with van der Waals surface area (Å²) >= 11 is 0. The zero-order chi connectivity index (χ0) is 10.1. The molecule has 0 aliphatic carbocycles. The summed E-state index contributed by atoms with van der Waals surface area (Å²) in [6.45, 7) is -0.391. The molecule has 0 saturated carbocycles. The van der Waals surface area contributed by atoms with Crippen molar-refractivity contribution in [3.63, 3.8) is 0 Å². The Morgan fingerprint density at radius 3 is 2.54 bits per heavy atom. The van der Waals surface area contributed by atoms with Crippen LogP contribution in [0.4, 0.5) is 13.2 Å². The average Bonchev–Trinajstić information content (AvgIpc) is 2.50. The molecule has 1 heterocycles. The lowest BCUT2D eigenvalue weighted by Crippen LogP contribution is -2.14. The Morgan fingerprint density at radius 1 is 1.54 bits per heavy atom. The number of H-pyrrole nitrogens is 1. The molecule has 0 fully saturated rings. The summed E-state index contributed by atoms with van der Waals surface area (Å²) in [5.74, 6) is 0. The number of aromatic nitrogens is 1. The molecule has 0 aliphatic rings. The van der Waals surface area contributed by atoms with E-state index in [1.54, 1.807) is 0 Å². The Bertz CT molecular complexity index is 282. The normalized spacial score (nSPS) is 14.5. The van der Waals surface area contributed by atoms with E-state index >= 15 is 0 Å². The van der Waals surface area contributed by atoms with Crippen molar-refractivity contribution in [2.75, 3.05) is 6.61 Å². The number of alkyl halides is 3. The van der Waals surface area contributed by atoms with Crippen molar-refractivity contribution in [2.45, 2.75) is 12.2 Å². The van der Waals surface area contributed by atoms with Crippen molar-refractivity contribution in [3.05, 3.63) is 23.5 Å². The van der Waals surface area contributed by atoms with E-state index < -0.39 is 24.4 Å². The van der Waals surface area contributed by atoms with Gasteiger partial charge in [0.1, 0.15) is 0 Å². The Kier molecular flexibility index (Phi) is 2.63. The molecule has 0 radical (unpaired) electrons. The zero-order valence-electron chi connectivity index (χ0n) is 6.60. The van der Waals surface area contributed by atoms with Crippen molar-refractivity contribution < 1.29 is 18.3 Å². The van der Waals surface area contributed by atoms with Gasteiger partial charge in [0.15, 0.2) is 0 Å². The monoisotopic (exact) mass is 194 g/mol. The van der Waals surface area contributed by atoms with Crippen LogP contribution in [0, 0.1) is 0 Å². The number of halogens is 3. The van der Waals surface area contributed by atoms with Gasteiger partial charge in [0.2, 0.25) is 0 Å². The third-order valence-electron chi connectivity index (χ3n) is 1.63. The van der Waals surface area contributed by atoms with Gasteiger partial charge in [0.05, 0.1) is 18.2 Å². The third kappa shape index (κ3) is 2.22. The largest absolute Gasteiger partial charge is 0.417 e. The van der Waals surface area contributed by atoms with E-state index in [0.29, 0.717) is 0 Å². The van der Waals surface area contributed by atoms with Crippen LogP contribution in [0.25, 0.3) is 0 Å². The fourth-order valence-corrected chi connectivity index (χ4v) is 0.888. The molecule has 4 N–H and O–H groups in total. The second-order valence-corrected chi connectivity index (χ2v) is 2.63. The van der Waals surface area contributed by atoms with Crippen molar-refractivity contribution in [3.8, 4) is 0 Å². The number of rotatable bonds is 2. The molecule has 6 heteroatoms. The van der Waals surface area contributed by atoms with Crippen LogP contribution in [-0.2, 0) is 6.18 Å². The maximum Gasteiger partial charge on any atom is 0.417 e. The van der Waals surface area contributed by atoms with Gasteiger partial charge in [-0.05, 0) is 6.07 Å². The van der Waals surface area contributed by atoms with Gasteiger partial charge in [-0.1, -0.05) is 0 Å². The fraction of sp³-hybridized carbons (Fsp3) is 0.429. The van der Waals surface area contributed by atoms with Crippen LogP contribution < -0.4 is 5.73 Å². The Morgan fingerprint density at radius 2 is 2.15 bits per heavy atom. The van der Waals surface area contributed by atoms with Crippen LogP contribution in [0.1, 0.15) is 17.3 Å². The highest BCUT2D eigenvalue weighted by atomic mass is 19.4. The highest BCUT2D eigenvalue weighted by molar-refractivity contribution is 5.21. The summed E-state index contributed by atoms with van der Waals surface area (Å²) in [5, 5.41) is 8.57. The predicted octanol–water partition coefficient (Wildman–Crippen LogP) is 1.03. The second kappa shape index (κ2) is 3.39. The fourth-order valence-electron chi connectivity index (χ4n) is 0.888. The van der Waals surface area contributed by atoms with Gasteiger partial charge in [0, 0.05) is 11.9 Å². The Balaban J connectivity index is 2.87. The van der Waals surface area contributed by atoms with E-state index in [4.69, 9.17) is 10.8 Å². The van der Waals surface area contributed by atoms with E-state index in [1.807, 2.05) is 0 Å². The first-order valence-corrected chi connectivity index (χ1v) is 3.57. The Labute approximate surface area is 72.4 Å². The molecule has 74 valence electrons. The van der Waals surface area contributed by atoms with E-state index in [1.165, 1.54) is 0 Å². The van der Waals surface area contributed by atoms with E-state index in [9.17, 15) is 13.2 Å². The highest BCUT2D eigenvalue weighted by Crippen LogP contribution is 2.30. The molecule has 3 nitrogen and oxygen atoms in total. The van der Waals surface area contributed by atoms with Crippen LogP contribution in [0.2, 0.25) is 0 Å². The summed E-state index contributed by atoms with van der Waals surface area (Å²) in [4.78, 5) is 2.36. The molecule has 1 rings (SSSR count). The molecule has 0 amide bonds. The molecule has 0 unspecified atom stereocenters. The lowest BCUT2D eigenvalue weighted by atomic mass is 10.2. The maximum atomic E-state index is 12.0. The minimum atomic E-state index is -4.37. The number of aromatic amines is 1. The zero-order valence-corrected chi connectivity index (χ0v) is 6.60. The smallest absolute Gasteiger partial charge is 0.394 e. The summed E-state index contributed by atoms with van der Waals surface area (Å²) < 4.78 is 36.1. The number of nitrogens with two attached hydrogens (primary N) is 1. The number of nitrogens with one attached hydrogen (secondary N) is 1. The molecule has 0 spiro atoms. The molecule has 1 aromatic rings. The van der Waals surface area contributed by atoms with Gasteiger partial charge in [0.25, 0.3) is 0 Å². The first-order chi connectivity index (χ1) is 5.95. The van der Waals surface area contributed by atoms with Crippen molar-refractivity contribution in [2.24, 2.45) is 5.73 Å². The Hall–Kier alpha value is -1.01. The van der Waals surface area contributed by atoms with Crippen molar-refractivity contribution in [1.82, 2.24) is 4.98 Å². The van der Waals surface area contributed by atoms with Crippen LogP contribution in [-0.4, -0.2) is 16.7 Å². The molecular weight excluding hydrogens is 185 g/mol. The van der Waals surface area contributed by atoms with Gasteiger partial charge in [-0.15, -0.1) is 0 Å². The molecule has 0 aromatic carbocycles. The summed E-state index contributed by atoms with van der Waals surface area (Å²) in [6, 6.07) is 0.0945. The lowest BCUT2D eigenvalue weighted by Gasteiger charge is -2.04. The lowest BCUT2D eigenvalue weighted by molar-refractivity contribution is -0.137. The SMILES string of the molecule is N[C@@H](CO)c1cc(C(F)(F)F)c[nH]1. The van der Waals surface area contributed by atoms with Crippen molar-refractivity contribution >= 4 is 0 Å². The average molecular weight is 194 g/mol. The van der Waals surface area contributed by atoms with Gasteiger partial charge in [-0.2, -0.15) is 13.2 Å². The highest BCUT2D eigenvalue weighted by Gasteiger charge is 2.31. The first kappa shape index (κ1) is 10.1. The van der Waals surface area contributed by atoms with Crippen LogP contribution in [0.15, 0.2) is 12.3 Å². The second-order valence-electron chi connectivity index (χ2n) is 2.63. The molecule has 13 heavy (non-hydrogen) atoms. The van der Waals surface area contributed by atoms with Crippen LogP contribution in [0.5, 0.6) is 0 Å². The molecule has 1 atom stereocenters. The number of hydrogen-bond donors (Lipinski definition) is 3. The topological polar surface area (TPSA) is 62.0 Å². The van der Waals surface area contributed by atoms with Crippen molar-refractivity contribution in [1.29, 1.82) is 0 Å². The minimum absolute atomic E-state index is 0.176. The van der Waals surface area contributed by atoms with Crippen LogP contribution in [0.3, 0.4) is 0 Å². The number of hydrogen-bond acceptors (Lipinski definition) is 2. The van der Waals surface area contributed by atoms with E-state index in [2.05, 4.69) is 4.98 Å².